The molecule has 120 valence electrons. The summed E-state index contributed by atoms with van der Waals surface area (Å²) in [6.07, 6.45) is -4.57. The maximum atomic E-state index is 13.3. The monoisotopic (exact) mass is 326 g/mol. The van der Waals surface area contributed by atoms with Gasteiger partial charge in [0, 0.05) is 6.54 Å². The number of hydrogen-bond donors (Lipinski definition) is 2. The molecule has 0 unspecified atom stereocenters. The van der Waals surface area contributed by atoms with Crippen LogP contribution in [0.2, 0.25) is 0 Å². The Labute approximate surface area is 127 Å². The van der Waals surface area contributed by atoms with Crippen molar-refractivity contribution in [3.05, 3.63) is 47.3 Å². The molecule has 0 fully saturated rings. The molecule has 23 heavy (non-hydrogen) atoms. The van der Waals surface area contributed by atoms with E-state index in [0.717, 1.165) is 12.1 Å². The molecule has 3 N–H and O–H groups in total. The fourth-order valence-corrected chi connectivity index (χ4v) is 2.20. The SMILES string of the molecule is Nc1c(NCc2cc(F)ccc2C(F)(F)F)ccc2nonc12. The van der Waals surface area contributed by atoms with Gasteiger partial charge in [0.2, 0.25) is 0 Å². The minimum Gasteiger partial charge on any atom is -0.395 e. The topological polar surface area (TPSA) is 77.0 Å². The zero-order valence-corrected chi connectivity index (χ0v) is 11.5. The number of alkyl halides is 3. The molecule has 0 radical (unpaired) electrons. The second-order valence-corrected chi connectivity index (χ2v) is 4.81. The van der Waals surface area contributed by atoms with E-state index in [2.05, 4.69) is 20.3 Å². The first-order chi connectivity index (χ1) is 10.9. The molecule has 0 atom stereocenters. The normalized spacial score (nSPS) is 11.8. The van der Waals surface area contributed by atoms with E-state index in [1.165, 1.54) is 6.07 Å². The predicted octanol–water partition coefficient (Wildman–Crippen LogP) is 3.58. The molecule has 0 amide bonds. The van der Waals surface area contributed by atoms with Crippen molar-refractivity contribution in [2.45, 2.75) is 12.7 Å². The molecule has 1 heterocycles. The highest BCUT2D eigenvalue weighted by Gasteiger charge is 2.33. The maximum Gasteiger partial charge on any atom is 0.416 e. The third-order valence-corrected chi connectivity index (χ3v) is 3.31. The van der Waals surface area contributed by atoms with Crippen molar-refractivity contribution in [2.75, 3.05) is 11.1 Å². The Morgan fingerprint density at radius 2 is 1.91 bits per heavy atom. The molecule has 0 saturated carbocycles. The average molecular weight is 326 g/mol. The highest BCUT2D eigenvalue weighted by Crippen LogP contribution is 2.33. The van der Waals surface area contributed by atoms with Crippen molar-refractivity contribution in [2.24, 2.45) is 0 Å². The van der Waals surface area contributed by atoms with Gasteiger partial charge in [0.25, 0.3) is 0 Å². The number of aromatic nitrogens is 2. The fraction of sp³-hybridized carbons (Fsp3) is 0.143. The number of anilines is 2. The van der Waals surface area contributed by atoms with Crippen LogP contribution < -0.4 is 11.1 Å². The lowest BCUT2D eigenvalue weighted by atomic mass is 10.1. The smallest absolute Gasteiger partial charge is 0.395 e. The van der Waals surface area contributed by atoms with E-state index in [0.29, 0.717) is 22.8 Å². The average Bonchev–Trinajstić information content (AvgIpc) is 2.94. The number of halogens is 4. The molecular weight excluding hydrogens is 316 g/mol. The van der Waals surface area contributed by atoms with E-state index in [-0.39, 0.29) is 17.8 Å². The number of benzene rings is 2. The molecule has 0 spiro atoms. The minimum atomic E-state index is -4.57. The second kappa shape index (κ2) is 5.41. The first-order valence-corrected chi connectivity index (χ1v) is 6.46. The third-order valence-electron chi connectivity index (χ3n) is 3.31. The van der Waals surface area contributed by atoms with Gasteiger partial charge in [-0.15, -0.1) is 0 Å². The summed E-state index contributed by atoms with van der Waals surface area (Å²) in [5.74, 6) is -0.751. The van der Waals surface area contributed by atoms with Crippen LogP contribution in [-0.4, -0.2) is 10.3 Å². The summed E-state index contributed by atoms with van der Waals surface area (Å²) in [4.78, 5) is 0. The van der Waals surface area contributed by atoms with Gasteiger partial charge in [0.05, 0.1) is 16.9 Å². The summed E-state index contributed by atoms with van der Waals surface area (Å²) < 4.78 is 56.6. The van der Waals surface area contributed by atoms with Gasteiger partial charge < -0.3 is 11.1 Å². The highest BCUT2D eigenvalue weighted by atomic mass is 19.4. The second-order valence-electron chi connectivity index (χ2n) is 4.81. The van der Waals surface area contributed by atoms with E-state index in [4.69, 9.17) is 5.73 Å². The standard InChI is InChI=1S/C14H10F4N4O/c15-8-1-2-9(14(16,17)18)7(5-8)6-20-10-3-4-11-13(12(10)19)22-23-21-11/h1-5,20H,6,19H2. The Morgan fingerprint density at radius 3 is 2.65 bits per heavy atom. The lowest BCUT2D eigenvalue weighted by Gasteiger charge is -2.15. The van der Waals surface area contributed by atoms with Crippen LogP contribution in [0, 0.1) is 5.82 Å². The van der Waals surface area contributed by atoms with Gasteiger partial charge in [-0.05, 0) is 46.2 Å². The molecule has 0 aliphatic carbocycles. The van der Waals surface area contributed by atoms with Crippen molar-refractivity contribution >= 4 is 22.4 Å². The minimum absolute atomic E-state index is 0.189. The fourth-order valence-electron chi connectivity index (χ4n) is 2.20. The number of fused-ring (bicyclic) bond motifs is 1. The van der Waals surface area contributed by atoms with Gasteiger partial charge in [-0.3, -0.25) is 0 Å². The van der Waals surface area contributed by atoms with Crippen molar-refractivity contribution in [3.8, 4) is 0 Å². The van der Waals surface area contributed by atoms with Crippen molar-refractivity contribution in [3.63, 3.8) is 0 Å². The van der Waals surface area contributed by atoms with E-state index in [9.17, 15) is 17.6 Å². The maximum absolute atomic E-state index is 13.3. The Bertz CT molecular complexity index is 860. The van der Waals surface area contributed by atoms with Crippen molar-refractivity contribution in [1.29, 1.82) is 0 Å². The van der Waals surface area contributed by atoms with Gasteiger partial charge in [0.15, 0.2) is 5.52 Å². The van der Waals surface area contributed by atoms with Crippen LogP contribution in [-0.2, 0) is 12.7 Å². The zero-order valence-electron chi connectivity index (χ0n) is 11.5. The molecule has 2 aromatic carbocycles. The van der Waals surface area contributed by atoms with Crippen LogP contribution in [0.4, 0.5) is 28.9 Å². The lowest BCUT2D eigenvalue weighted by molar-refractivity contribution is -0.138. The Balaban J connectivity index is 1.90. The summed E-state index contributed by atoms with van der Waals surface area (Å²) in [5, 5.41) is 9.97. The number of nitrogens with zero attached hydrogens (tertiary/aromatic N) is 2. The Hall–Kier alpha value is -2.84. The Morgan fingerprint density at radius 1 is 1.13 bits per heavy atom. The molecular formula is C14H10F4N4O. The predicted molar refractivity (Wildman–Crippen MR) is 74.9 cm³/mol. The van der Waals surface area contributed by atoms with Gasteiger partial charge in [-0.25, -0.2) is 9.02 Å². The Kier molecular flexibility index (Phi) is 3.55. The summed E-state index contributed by atoms with van der Waals surface area (Å²) in [6.45, 7) is -0.256. The molecule has 0 aliphatic rings. The molecule has 0 bridgehead atoms. The summed E-state index contributed by atoms with van der Waals surface area (Å²) in [5.41, 5.74) is 5.99. The van der Waals surface area contributed by atoms with Crippen LogP contribution in [0.15, 0.2) is 35.0 Å². The molecule has 0 saturated heterocycles. The molecule has 0 aliphatic heterocycles. The van der Waals surface area contributed by atoms with Gasteiger partial charge >= 0.3 is 6.18 Å². The first kappa shape index (κ1) is 15.1. The summed E-state index contributed by atoms with van der Waals surface area (Å²) in [7, 11) is 0. The van der Waals surface area contributed by atoms with Crippen LogP contribution in [0.1, 0.15) is 11.1 Å². The van der Waals surface area contributed by atoms with E-state index < -0.39 is 17.6 Å². The van der Waals surface area contributed by atoms with E-state index >= 15 is 0 Å². The molecule has 9 heteroatoms. The number of rotatable bonds is 3. The largest absolute Gasteiger partial charge is 0.416 e. The summed E-state index contributed by atoms with van der Waals surface area (Å²) in [6, 6.07) is 5.41. The molecule has 3 aromatic rings. The number of nitrogens with one attached hydrogen (secondary N) is 1. The van der Waals surface area contributed by atoms with Gasteiger partial charge in [-0.1, -0.05) is 0 Å². The molecule has 1 aromatic heterocycles. The quantitative estimate of drug-likeness (QED) is 0.568. The highest BCUT2D eigenvalue weighted by molar-refractivity contribution is 5.93. The first-order valence-electron chi connectivity index (χ1n) is 6.46. The number of nitrogens with two attached hydrogens (primary N) is 1. The van der Waals surface area contributed by atoms with Crippen LogP contribution in [0.25, 0.3) is 11.0 Å². The van der Waals surface area contributed by atoms with Crippen LogP contribution in [0.5, 0.6) is 0 Å². The zero-order chi connectivity index (χ0) is 16.6. The summed E-state index contributed by atoms with van der Waals surface area (Å²) >= 11 is 0. The van der Waals surface area contributed by atoms with Crippen molar-refractivity contribution < 1.29 is 22.2 Å². The number of hydrogen-bond acceptors (Lipinski definition) is 5. The number of nitrogen functional groups attached to an aromatic ring is 1. The van der Waals surface area contributed by atoms with Crippen molar-refractivity contribution in [1.82, 2.24) is 10.3 Å². The molecule has 3 rings (SSSR count). The van der Waals surface area contributed by atoms with E-state index in [1.807, 2.05) is 0 Å². The van der Waals surface area contributed by atoms with E-state index in [1.54, 1.807) is 6.07 Å². The third kappa shape index (κ3) is 2.89. The van der Waals surface area contributed by atoms with Crippen LogP contribution in [0.3, 0.4) is 0 Å². The van der Waals surface area contributed by atoms with Gasteiger partial charge in [-0.2, -0.15) is 13.2 Å². The lowest BCUT2D eigenvalue weighted by Crippen LogP contribution is -2.12. The van der Waals surface area contributed by atoms with Crippen LogP contribution >= 0.6 is 0 Å². The molecule has 5 nitrogen and oxygen atoms in total. The van der Waals surface area contributed by atoms with Gasteiger partial charge in [0.1, 0.15) is 11.3 Å².